The maximum atomic E-state index is 11.2. The number of nitriles is 2. The second kappa shape index (κ2) is 4.80. The first-order valence-electron chi connectivity index (χ1n) is 3.65. The van der Waals surface area contributed by atoms with Gasteiger partial charge in [-0.25, -0.2) is 12.7 Å². The first-order chi connectivity index (χ1) is 5.95. The van der Waals surface area contributed by atoms with Gasteiger partial charge in [-0.15, -0.1) is 0 Å². The van der Waals surface area contributed by atoms with Crippen molar-refractivity contribution in [2.75, 3.05) is 12.8 Å². The van der Waals surface area contributed by atoms with E-state index in [9.17, 15) is 8.42 Å². The third-order valence-electron chi connectivity index (χ3n) is 1.69. The van der Waals surface area contributed by atoms with Gasteiger partial charge in [0.1, 0.15) is 0 Å². The fourth-order valence-electron chi connectivity index (χ4n) is 0.718. The molecule has 13 heavy (non-hydrogen) atoms. The highest BCUT2D eigenvalue weighted by Crippen LogP contribution is 2.06. The van der Waals surface area contributed by atoms with Crippen LogP contribution in [0.4, 0.5) is 0 Å². The van der Waals surface area contributed by atoms with Gasteiger partial charge in [0.25, 0.3) is 0 Å². The number of rotatable bonds is 4. The molecule has 0 N–H and O–H groups in total. The zero-order valence-electron chi connectivity index (χ0n) is 7.56. The number of nitrogens with zero attached hydrogens (tertiary/aromatic N) is 3. The number of hydrogen-bond donors (Lipinski definition) is 0. The molecule has 0 aliphatic heterocycles. The van der Waals surface area contributed by atoms with Gasteiger partial charge in [-0.2, -0.15) is 10.5 Å². The van der Waals surface area contributed by atoms with Gasteiger partial charge >= 0.3 is 0 Å². The molecule has 1 unspecified atom stereocenters. The Labute approximate surface area is 78.2 Å². The lowest BCUT2D eigenvalue weighted by molar-refractivity contribution is 0.395. The summed E-state index contributed by atoms with van der Waals surface area (Å²) >= 11 is 0. The van der Waals surface area contributed by atoms with Gasteiger partial charge < -0.3 is 0 Å². The van der Waals surface area contributed by atoms with E-state index >= 15 is 0 Å². The van der Waals surface area contributed by atoms with Crippen LogP contribution in [0.15, 0.2) is 0 Å². The molecule has 1 atom stereocenters. The smallest absolute Gasteiger partial charge is 0.211 e. The Balaban J connectivity index is 4.53. The number of sulfonamides is 1. The minimum Gasteiger partial charge on any atom is -0.211 e. The summed E-state index contributed by atoms with van der Waals surface area (Å²) in [4.78, 5) is 0. The third kappa shape index (κ3) is 3.41. The molecule has 0 spiro atoms. The second-order valence-corrected chi connectivity index (χ2v) is 4.67. The van der Waals surface area contributed by atoms with E-state index in [0.717, 1.165) is 4.31 Å². The molecule has 0 aliphatic carbocycles. The Kier molecular flexibility index (Phi) is 4.39. The molecule has 6 heteroatoms. The minimum absolute atomic E-state index is 0.126. The molecule has 0 rings (SSSR count). The zero-order chi connectivity index (χ0) is 10.5. The van der Waals surface area contributed by atoms with E-state index in [1.165, 1.54) is 7.05 Å². The van der Waals surface area contributed by atoms with Crippen LogP contribution in [-0.2, 0) is 10.0 Å². The molecule has 0 saturated carbocycles. The Hall–Kier alpha value is -1.11. The predicted molar refractivity (Wildman–Crippen MR) is 46.9 cm³/mol. The van der Waals surface area contributed by atoms with Crippen molar-refractivity contribution >= 4 is 10.0 Å². The lowest BCUT2D eigenvalue weighted by Gasteiger charge is -2.20. The van der Waals surface area contributed by atoms with Crippen molar-refractivity contribution in [3.63, 3.8) is 0 Å². The van der Waals surface area contributed by atoms with Gasteiger partial charge in [-0.05, 0) is 6.92 Å². The molecule has 0 aromatic carbocycles. The summed E-state index contributed by atoms with van der Waals surface area (Å²) in [6.07, 6.45) is 0.126. The van der Waals surface area contributed by atoms with Gasteiger partial charge in [0.2, 0.25) is 10.0 Å². The van der Waals surface area contributed by atoms with Gasteiger partial charge in [-0.3, -0.25) is 0 Å². The van der Waals surface area contributed by atoms with Crippen LogP contribution in [0.25, 0.3) is 0 Å². The average molecular weight is 201 g/mol. The maximum Gasteiger partial charge on any atom is 0.227 e. The van der Waals surface area contributed by atoms with Crippen molar-refractivity contribution < 1.29 is 8.42 Å². The van der Waals surface area contributed by atoms with Crippen molar-refractivity contribution in [3.05, 3.63) is 0 Å². The van der Waals surface area contributed by atoms with E-state index in [-0.39, 0.29) is 12.5 Å². The normalized spacial score (nSPS) is 13.3. The molecule has 0 heterocycles. The van der Waals surface area contributed by atoms with Gasteiger partial charge in [-0.1, -0.05) is 0 Å². The minimum atomic E-state index is -3.51. The van der Waals surface area contributed by atoms with Crippen molar-refractivity contribution in [1.82, 2.24) is 4.31 Å². The SMILES string of the molecule is CC(CC#N)N(C)S(=O)(=O)CC#N. The van der Waals surface area contributed by atoms with Crippen LogP contribution in [0.3, 0.4) is 0 Å². The topological polar surface area (TPSA) is 85.0 Å². The summed E-state index contributed by atoms with van der Waals surface area (Å²) in [5.41, 5.74) is 0. The van der Waals surface area contributed by atoms with E-state index < -0.39 is 15.8 Å². The summed E-state index contributed by atoms with van der Waals surface area (Å²) < 4.78 is 23.5. The summed E-state index contributed by atoms with van der Waals surface area (Å²) in [5, 5.41) is 16.6. The quantitative estimate of drug-likeness (QED) is 0.644. The average Bonchev–Trinajstić information content (AvgIpc) is 2.03. The van der Waals surface area contributed by atoms with Crippen LogP contribution in [0.2, 0.25) is 0 Å². The molecule has 72 valence electrons. The van der Waals surface area contributed by atoms with Gasteiger partial charge in [0.05, 0.1) is 18.6 Å². The van der Waals surface area contributed by atoms with Gasteiger partial charge in [0, 0.05) is 13.1 Å². The highest BCUT2D eigenvalue weighted by Gasteiger charge is 2.22. The van der Waals surface area contributed by atoms with Crippen molar-refractivity contribution in [1.29, 1.82) is 10.5 Å². The fourth-order valence-corrected chi connectivity index (χ4v) is 1.71. The lowest BCUT2D eigenvalue weighted by atomic mass is 10.3. The van der Waals surface area contributed by atoms with Crippen molar-refractivity contribution in [2.24, 2.45) is 0 Å². The van der Waals surface area contributed by atoms with Crippen LogP contribution in [-0.4, -0.2) is 31.6 Å². The Morgan fingerprint density at radius 1 is 1.38 bits per heavy atom. The summed E-state index contributed by atoms with van der Waals surface area (Å²) in [6, 6.07) is 3.06. The number of hydrogen-bond acceptors (Lipinski definition) is 4. The predicted octanol–water partition coefficient (Wildman–Crippen LogP) is 0.0738. The molecule has 5 nitrogen and oxygen atoms in total. The molecule has 0 aromatic heterocycles. The Morgan fingerprint density at radius 3 is 2.31 bits per heavy atom. The maximum absolute atomic E-state index is 11.2. The monoisotopic (exact) mass is 201 g/mol. The molecule has 0 radical (unpaired) electrons. The standard InChI is InChI=1S/C7H11N3O2S/c1-7(3-4-8)10(2)13(11,12)6-5-9/h7H,3,6H2,1-2H3. The molecule has 0 saturated heterocycles. The van der Waals surface area contributed by atoms with E-state index in [1.807, 2.05) is 6.07 Å². The third-order valence-corrected chi connectivity index (χ3v) is 3.42. The summed E-state index contributed by atoms with van der Waals surface area (Å²) in [7, 11) is -2.14. The van der Waals surface area contributed by atoms with Crippen LogP contribution >= 0.6 is 0 Å². The van der Waals surface area contributed by atoms with Crippen molar-refractivity contribution in [2.45, 2.75) is 19.4 Å². The summed E-state index contributed by atoms with van der Waals surface area (Å²) in [6.45, 7) is 1.62. The molecule has 0 aromatic rings. The molecule has 0 aliphatic rings. The zero-order valence-corrected chi connectivity index (χ0v) is 8.37. The highest BCUT2D eigenvalue weighted by molar-refractivity contribution is 7.89. The van der Waals surface area contributed by atoms with E-state index in [1.54, 1.807) is 13.0 Å². The Morgan fingerprint density at radius 2 is 1.92 bits per heavy atom. The lowest BCUT2D eigenvalue weighted by Crippen LogP contribution is -2.36. The highest BCUT2D eigenvalue weighted by atomic mass is 32.2. The van der Waals surface area contributed by atoms with Crippen molar-refractivity contribution in [3.8, 4) is 12.1 Å². The van der Waals surface area contributed by atoms with Crippen LogP contribution in [0.1, 0.15) is 13.3 Å². The Bertz CT molecular complexity index is 336. The molecule has 0 bridgehead atoms. The largest absolute Gasteiger partial charge is 0.227 e. The molecular weight excluding hydrogens is 190 g/mol. The van der Waals surface area contributed by atoms with Crippen LogP contribution in [0.5, 0.6) is 0 Å². The van der Waals surface area contributed by atoms with Gasteiger partial charge in [0.15, 0.2) is 5.75 Å². The fraction of sp³-hybridized carbons (Fsp3) is 0.714. The molecule has 0 fully saturated rings. The molecular formula is C7H11N3O2S. The second-order valence-electron chi connectivity index (χ2n) is 2.64. The molecule has 0 amide bonds. The first-order valence-corrected chi connectivity index (χ1v) is 5.26. The van der Waals surface area contributed by atoms with E-state index in [4.69, 9.17) is 10.5 Å². The summed E-state index contributed by atoms with van der Waals surface area (Å²) in [5.74, 6) is -0.542. The van der Waals surface area contributed by atoms with E-state index in [0.29, 0.717) is 0 Å². The first kappa shape index (κ1) is 11.9. The van der Waals surface area contributed by atoms with Crippen LogP contribution in [0, 0.1) is 22.7 Å². The van der Waals surface area contributed by atoms with E-state index in [2.05, 4.69) is 0 Å². The van der Waals surface area contributed by atoms with Crippen LogP contribution < -0.4 is 0 Å².